The lowest BCUT2D eigenvalue weighted by Gasteiger charge is -2.17. The Hall–Kier alpha value is -3.12. The van der Waals surface area contributed by atoms with E-state index in [-0.39, 0.29) is 0 Å². The molecule has 0 radical (unpaired) electrons. The van der Waals surface area contributed by atoms with Gasteiger partial charge in [-0.25, -0.2) is 4.98 Å². The van der Waals surface area contributed by atoms with Crippen LogP contribution in [0.3, 0.4) is 0 Å². The number of hydrogen-bond donors (Lipinski definition) is 1. The molecule has 1 aromatic heterocycles. The number of rotatable bonds is 4. The van der Waals surface area contributed by atoms with Gasteiger partial charge in [-0.15, -0.1) is 0 Å². The molecule has 0 saturated heterocycles. The molecule has 28 heavy (non-hydrogen) atoms. The van der Waals surface area contributed by atoms with E-state index in [1.807, 2.05) is 18.3 Å². The average Bonchev–Trinajstić information content (AvgIpc) is 3.35. The van der Waals surface area contributed by atoms with Gasteiger partial charge in [0.1, 0.15) is 10.8 Å². The number of fused-ring (bicyclic) bond motifs is 2. The molecule has 0 spiro atoms. The van der Waals surface area contributed by atoms with E-state index in [1.54, 1.807) is 13.3 Å². The van der Waals surface area contributed by atoms with Crippen LogP contribution in [0, 0.1) is 0 Å². The van der Waals surface area contributed by atoms with Gasteiger partial charge in [0.2, 0.25) is 5.95 Å². The van der Waals surface area contributed by atoms with Crippen molar-refractivity contribution in [3.05, 3.63) is 69.9 Å². The van der Waals surface area contributed by atoms with Crippen molar-refractivity contribution in [3.63, 3.8) is 0 Å². The van der Waals surface area contributed by atoms with E-state index in [4.69, 9.17) is 16.3 Å². The highest BCUT2D eigenvalue weighted by Gasteiger charge is 2.22. The minimum absolute atomic E-state index is 0.483. The predicted octanol–water partition coefficient (Wildman–Crippen LogP) is 4.33. The van der Waals surface area contributed by atoms with Crippen LogP contribution in [0.1, 0.15) is 22.3 Å². The Bertz CT molecular complexity index is 1100. The fourth-order valence-electron chi connectivity index (χ4n) is 3.55. The highest BCUT2D eigenvalue weighted by atomic mass is 35.5. The maximum absolute atomic E-state index is 6.35. The van der Waals surface area contributed by atoms with E-state index < -0.39 is 0 Å². The van der Waals surface area contributed by atoms with Crippen LogP contribution in [-0.2, 0) is 19.6 Å². The Morgan fingerprint density at radius 1 is 1.07 bits per heavy atom. The molecule has 0 bridgehead atoms. The van der Waals surface area contributed by atoms with E-state index >= 15 is 0 Å². The number of hydrogen-bond acceptors (Lipinski definition) is 6. The van der Waals surface area contributed by atoms with Gasteiger partial charge in [0.15, 0.2) is 5.82 Å². The van der Waals surface area contributed by atoms with Crippen LogP contribution in [0.15, 0.2) is 47.6 Å². The number of anilines is 3. The van der Waals surface area contributed by atoms with E-state index in [2.05, 4.69) is 49.4 Å². The molecular formula is C21H18ClN5O. The molecule has 1 N–H and O–H groups in total. The molecule has 3 heterocycles. The molecule has 2 aliphatic heterocycles. The minimum Gasteiger partial charge on any atom is -0.497 e. The zero-order chi connectivity index (χ0) is 19.1. The zero-order valence-corrected chi connectivity index (χ0v) is 16.1. The van der Waals surface area contributed by atoms with Gasteiger partial charge >= 0.3 is 0 Å². The largest absolute Gasteiger partial charge is 0.497 e. The van der Waals surface area contributed by atoms with Crippen molar-refractivity contribution in [2.24, 2.45) is 4.99 Å². The minimum atomic E-state index is 0.483. The van der Waals surface area contributed by atoms with Crippen molar-refractivity contribution in [2.75, 3.05) is 17.3 Å². The summed E-state index contributed by atoms with van der Waals surface area (Å²) in [7, 11) is 1.68. The Kier molecular flexibility index (Phi) is 4.13. The van der Waals surface area contributed by atoms with Crippen LogP contribution in [-0.4, -0.2) is 23.3 Å². The van der Waals surface area contributed by atoms with Gasteiger partial charge in [0.25, 0.3) is 0 Å². The van der Waals surface area contributed by atoms with Gasteiger partial charge < -0.3 is 15.0 Å². The lowest BCUT2D eigenvalue weighted by atomic mass is 10.1. The van der Waals surface area contributed by atoms with Crippen molar-refractivity contribution in [1.29, 1.82) is 0 Å². The maximum atomic E-state index is 6.35. The Morgan fingerprint density at radius 2 is 1.93 bits per heavy atom. The van der Waals surface area contributed by atoms with Crippen molar-refractivity contribution in [1.82, 2.24) is 9.97 Å². The molecule has 0 aliphatic carbocycles. The van der Waals surface area contributed by atoms with Gasteiger partial charge in [-0.1, -0.05) is 23.7 Å². The lowest BCUT2D eigenvalue weighted by molar-refractivity contribution is 0.414. The first kappa shape index (κ1) is 17.0. The van der Waals surface area contributed by atoms with Crippen molar-refractivity contribution in [3.8, 4) is 5.75 Å². The monoisotopic (exact) mass is 391 g/mol. The average molecular weight is 392 g/mol. The summed E-state index contributed by atoms with van der Waals surface area (Å²) in [5.74, 6) is 2.10. The van der Waals surface area contributed by atoms with Crippen LogP contribution in [0.25, 0.3) is 0 Å². The number of nitrogens with zero attached hydrogens (tertiary/aromatic N) is 4. The van der Waals surface area contributed by atoms with Crippen LogP contribution in [0.4, 0.5) is 17.5 Å². The molecule has 5 rings (SSSR count). The standard InChI is InChI=1S/C21H18ClN5O/c1-28-18-5-3-14-11-27(12-16(14)7-18)21-24-10-19(22)20(26-21)25-17-4-2-13-8-23-9-15(13)6-17/h2-7,9-10H,8,11-12H2,1H3,(H,24,25,26). The van der Waals surface area contributed by atoms with Crippen molar-refractivity contribution >= 4 is 35.3 Å². The first-order valence-electron chi connectivity index (χ1n) is 9.02. The maximum Gasteiger partial charge on any atom is 0.227 e. The normalized spacial score (nSPS) is 14.1. The summed E-state index contributed by atoms with van der Waals surface area (Å²) in [5, 5.41) is 3.80. The van der Waals surface area contributed by atoms with E-state index in [9.17, 15) is 0 Å². The van der Waals surface area contributed by atoms with Crippen LogP contribution in [0.5, 0.6) is 5.75 Å². The van der Waals surface area contributed by atoms with E-state index in [0.29, 0.717) is 16.8 Å². The first-order valence-corrected chi connectivity index (χ1v) is 9.40. The highest BCUT2D eigenvalue weighted by molar-refractivity contribution is 6.32. The summed E-state index contributed by atoms with van der Waals surface area (Å²) in [4.78, 5) is 15.5. The summed E-state index contributed by atoms with van der Waals surface area (Å²) in [5.41, 5.74) is 5.76. The number of nitrogens with one attached hydrogen (secondary N) is 1. The fourth-order valence-corrected chi connectivity index (χ4v) is 3.69. The Balaban J connectivity index is 1.40. The topological polar surface area (TPSA) is 62.6 Å². The summed E-state index contributed by atoms with van der Waals surface area (Å²) in [6, 6.07) is 12.3. The van der Waals surface area contributed by atoms with Gasteiger partial charge in [-0.2, -0.15) is 4.98 Å². The smallest absolute Gasteiger partial charge is 0.227 e. The molecule has 0 unspecified atom stereocenters. The number of aliphatic imine (C=N–C) groups is 1. The number of benzene rings is 2. The molecule has 3 aromatic rings. The Morgan fingerprint density at radius 3 is 2.82 bits per heavy atom. The summed E-state index contributed by atoms with van der Waals surface area (Å²) >= 11 is 6.35. The second-order valence-corrected chi connectivity index (χ2v) is 7.27. The highest BCUT2D eigenvalue weighted by Crippen LogP contribution is 2.31. The number of methoxy groups -OCH3 is 1. The third-order valence-corrected chi connectivity index (χ3v) is 5.33. The number of aromatic nitrogens is 2. The Labute approximate surface area is 167 Å². The third kappa shape index (κ3) is 3.05. The lowest BCUT2D eigenvalue weighted by Crippen LogP contribution is -2.18. The summed E-state index contributed by atoms with van der Waals surface area (Å²) in [6.07, 6.45) is 3.54. The SMILES string of the molecule is COc1ccc2c(c1)CN(c1ncc(Cl)c(Nc3ccc4c(c3)C=NC4)n1)C2. The van der Waals surface area contributed by atoms with Crippen LogP contribution in [0.2, 0.25) is 5.02 Å². The molecule has 2 aromatic carbocycles. The fraction of sp³-hybridized carbons (Fsp3) is 0.190. The second-order valence-electron chi connectivity index (χ2n) is 6.87. The molecule has 0 saturated carbocycles. The van der Waals surface area contributed by atoms with Crippen LogP contribution < -0.4 is 15.0 Å². The molecule has 6 nitrogen and oxygen atoms in total. The number of ether oxygens (including phenoxy) is 1. The number of halogens is 1. The van der Waals surface area contributed by atoms with Gasteiger partial charge in [-0.05, 0) is 46.5 Å². The quantitative estimate of drug-likeness (QED) is 0.717. The van der Waals surface area contributed by atoms with Gasteiger partial charge in [0.05, 0.1) is 19.9 Å². The molecule has 0 amide bonds. The first-order chi connectivity index (χ1) is 13.7. The summed E-state index contributed by atoms with van der Waals surface area (Å²) < 4.78 is 5.33. The van der Waals surface area contributed by atoms with Gasteiger partial charge in [-0.3, -0.25) is 4.99 Å². The zero-order valence-electron chi connectivity index (χ0n) is 15.3. The van der Waals surface area contributed by atoms with Crippen LogP contribution >= 0.6 is 11.6 Å². The molecule has 140 valence electrons. The molecule has 2 aliphatic rings. The molecule has 7 heteroatoms. The second kappa shape index (κ2) is 6.80. The third-order valence-electron chi connectivity index (χ3n) is 5.05. The van der Waals surface area contributed by atoms with Crippen molar-refractivity contribution < 1.29 is 4.74 Å². The van der Waals surface area contributed by atoms with Gasteiger partial charge in [0, 0.05) is 25.0 Å². The molecule has 0 fully saturated rings. The van der Waals surface area contributed by atoms with Crippen molar-refractivity contribution in [2.45, 2.75) is 19.6 Å². The predicted molar refractivity (Wildman–Crippen MR) is 111 cm³/mol. The summed E-state index contributed by atoms with van der Waals surface area (Å²) in [6.45, 7) is 2.24. The molecule has 0 atom stereocenters. The molecular weight excluding hydrogens is 374 g/mol. The van der Waals surface area contributed by atoms with E-state index in [1.165, 1.54) is 16.7 Å². The van der Waals surface area contributed by atoms with E-state index in [0.717, 1.165) is 36.6 Å².